The maximum Gasteiger partial charge on any atom is 0.482 e. The van der Waals surface area contributed by atoms with Crippen molar-refractivity contribution in [1.82, 2.24) is 16.0 Å². The van der Waals surface area contributed by atoms with Gasteiger partial charge in [-0.25, -0.2) is 4.79 Å². The molecule has 1 saturated heterocycles. The van der Waals surface area contributed by atoms with Gasteiger partial charge in [0.2, 0.25) is 5.91 Å². The van der Waals surface area contributed by atoms with Crippen molar-refractivity contribution in [2.24, 2.45) is 17.3 Å². The van der Waals surface area contributed by atoms with Gasteiger partial charge in [0.1, 0.15) is 5.60 Å². The highest BCUT2D eigenvalue weighted by Gasteiger charge is 2.68. The molecule has 4 fully saturated rings. The van der Waals surface area contributed by atoms with E-state index in [4.69, 9.17) is 14.0 Å². The van der Waals surface area contributed by atoms with Gasteiger partial charge in [-0.2, -0.15) is 13.2 Å². The Morgan fingerprint density at radius 1 is 1.09 bits per heavy atom. The number of rotatable bonds is 12. The second-order valence-corrected chi connectivity index (χ2v) is 14.1. The summed E-state index contributed by atoms with van der Waals surface area (Å²) in [5.41, 5.74) is -0.0221. The van der Waals surface area contributed by atoms with Gasteiger partial charge in [0, 0.05) is 6.54 Å². The first-order valence-electron chi connectivity index (χ1n) is 15.4. The molecule has 2 amide bonds. The third-order valence-corrected chi connectivity index (χ3v) is 9.38. The van der Waals surface area contributed by atoms with E-state index in [1.54, 1.807) is 20.8 Å². The van der Waals surface area contributed by atoms with Crippen LogP contribution in [0.2, 0.25) is 0 Å². The van der Waals surface area contributed by atoms with E-state index >= 15 is 0 Å². The molecule has 1 aromatic rings. The molecule has 0 aromatic heterocycles. The van der Waals surface area contributed by atoms with E-state index in [1.165, 1.54) is 0 Å². The maximum absolute atomic E-state index is 13.6. The molecule has 0 radical (unpaired) electrons. The molecule has 2 bridgehead atoms. The largest absolute Gasteiger partial charge is 0.482 e. The van der Waals surface area contributed by atoms with Crippen LogP contribution < -0.4 is 16.0 Å². The number of unbranched alkanes of at least 4 members (excludes halogenated alkanes) is 1. The average molecular weight is 610 g/mol. The molecule has 4 aliphatic rings. The molecule has 43 heavy (non-hydrogen) atoms. The van der Waals surface area contributed by atoms with Gasteiger partial charge >= 0.3 is 19.4 Å². The minimum absolute atomic E-state index is 0.0962. The zero-order valence-electron chi connectivity index (χ0n) is 26.2. The molecule has 1 aliphatic heterocycles. The molecule has 2 unspecified atom stereocenters. The van der Waals surface area contributed by atoms with E-state index in [1.807, 2.05) is 30.3 Å². The fourth-order valence-corrected chi connectivity index (χ4v) is 6.98. The average Bonchev–Trinajstić information content (AvgIpc) is 3.26. The van der Waals surface area contributed by atoms with Crippen LogP contribution in [0.4, 0.5) is 18.0 Å². The number of amides is 2. The molecule has 1 aromatic carbocycles. The number of ether oxygens (including phenoxy) is 1. The predicted octanol–water partition coefficient (Wildman–Crippen LogP) is 5.20. The van der Waals surface area contributed by atoms with Crippen molar-refractivity contribution < 1.29 is 36.8 Å². The summed E-state index contributed by atoms with van der Waals surface area (Å²) >= 11 is 0. The van der Waals surface area contributed by atoms with Crippen molar-refractivity contribution in [3.8, 4) is 0 Å². The standard InChI is InChI=1S/C31H47BF3N3O5/c1-28(2,3)41-27(40)36-15-11-10-14-22(37-19-31(33,34)35)26(39)38-25(16-20-12-8-7-9-13-20)32-42-24-18-21-17-23(29(21,4)5)30(24,6)43-32/h7-9,12-13,21-25,37H,10-11,14-19H2,1-6H3,(H,36,40)(H,38,39)/t21-,22?,23-,24+,25?,30-/m0/s1. The van der Waals surface area contributed by atoms with Crippen molar-refractivity contribution >= 4 is 19.1 Å². The van der Waals surface area contributed by atoms with Crippen LogP contribution in [0.5, 0.6) is 0 Å². The first-order valence-corrected chi connectivity index (χ1v) is 15.4. The fraction of sp³-hybridized carbons (Fsp3) is 0.742. The van der Waals surface area contributed by atoms with Crippen molar-refractivity contribution in [2.45, 2.75) is 116 Å². The molecule has 240 valence electrons. The Hall–Kier alpha value is -2.31. The summed E-state index contributed by atoms with van der Waals surface area (Å²) in [5.74, 6) is -0.248. The Labute approximate surface area is 253 Å². The van der Waals surface area contributed by atoms with E-state index in [-0.39, 0.29) is 24.5 Å². The zero-order chi connectivity index (χ0) is 31.6. The summed E-state index contributed by atoms with van der Waals surface area (Å²) < 4.78 is 57.8. The molecule has 3 N–H and O–H groups in total. The number of alkyl carbamates (subject to hydrolysis) is 1. The van der Waals surface area contributed by atoms with Crippen molar-refractivity contribution in [3.05, 3.63) is 35.9 Å². The Balaban J connectivity index is 1.42. The van der Waals surface area contributed by atoms with E-state index < -0.39 is 55.0 Å². The lowest BCUT2D eigenvalue weighted by molar-refractivity contribution is -0.199. The maximum atomic E-state index is 13.6. The van der Waals surface area contributed by atoms with E-state index in [0.29, 0.717) is 31.1 Å². The van der Waals surface area contributed by atoms with Gasteiger partial charge < -0.3 is 24.7 Å². The van der Waals surface area contributed by atoms with Crippen LogP contribution in [0, 0.1) is 17.3 Å². The quantitative estimate of drug-likeness (QED) is 0.223. The van der Waals surface area contributed by atoms with Crippen molar-refractivity contribution in [1.29, 1.82) is 0 Å². The van der Waals surface area contributed by atoms with Crippen LogP contribution in [0.3, 0.4) is 0 Å². The highest BCUT2D eigenvalue weighted by Crippen LogP contribution is 2.65. The first kappa shape index (κ1) is 33.6. The Morgan fingerprint density at radius 3 is 2.42 bits per heavy atom. The number of hydrogen-bond donors (Lipinski definition) is 3. The molecule has 0 spiro atoms. The molecule has 6 atom stereocenters. The number of hydrogen-bond acceptors (Lipinski definition) is 6. The Kier molecular flexibility index (Phi) is 10.1. The van der Waals surface area contributed by atoms with E-state index in [9.17, 15) is 22.8 Å². The van der Waals surface area contributed by atoms with Gasteiger partial charge in [0.15, 0.2) is 0 Å². The van der Waals surface area contributed by atoms with Crippen LogP contribution in [0.15, 0.2) is 30.3 Å². The summed E-state index contributed by atoms with van der Waals surface area (Å²) in [4.78, 5) is 25.5. The van der Waals surface area contributed by atoms with Gasteiger partial charge in [0.05, 0.1) is 30.2 Å². The van der Waals surface area contributed by atoms with Crippen LogP contribution >= 0.6 is 0 Å². The molecule has 3 aliphatic carbocycles. The van der Waals surface area contributed by atoms with Crippen molar-refractivity contribution in [3.63, 3.8) is 0 Å². The lowest BCUT2D eigenvalue weighted by Crippen LogP contribution is -2.65. The third-order valence-electron chi connectivity index (χ3n) is 9.38. The fourth-order valence-electron chi connectivity index (χ4n) is 6.98. The minimum atomic E-state index is -4.48. The van der Waals surface area contributed by atoms with Crippen LogP contribution in [0.25, 0.3) is 0 Å². The summed E-state index contributed by atoms with van der Waals surface area (Å²) in [6.45, 7) is 10.9. The van der Waals surface area contributed by atoms with Gasteiger partial charge in [-0.15, -0.1) is 0 Å². The Morgan fingerprint density at radius 2 is 1.79 bits per heavy atom. The molecular formula is C31H47BF3N3O5. The summed E-state index contributed by atoms with van der Waals surface area (Å²) in [7, 11) is -0.726. The number of carbonyl (C=O) groups excluding carboxylic acids is 2. The van der Waals surface area contributed by atoms with E-state index in [2.05, 4.69) is 36.7 Å². The highest BCUT2D eigenvalue weighted by atomic mass is 19.4. The van der Waals surface area contributed by atoms with Gasteiger partial charge in [-0.05, 0) is 89.0 Å². The topological polar surface area (TPSA) is 97.9 Å². The second kappa shape index (κ2) is 13.0. The van der Waals surface area contributed by atoms with Crippen LogP contribution in [0.1, 0.15) is 79.2 Å². The van der Waals surface area contributed by atoms with E-state index in [0.717, 1.165) is 18.4 Å². The Bertz CT molecular complexity index is 1120. The van der Waals surface area contributed by atoms with Gasteiger partial charge in [0.25, 0.3) is 0 Å². The normalized spacial score (nSPS) is 27.5. The zero-order valence-corrected chi connectivity index (χ0v) is 26.2. The number of nitrogens with one attached hydrogen (secondary N) is 3. The number of halogens is 3. The number of benzene rings is 1. The monoisotopic (exact) mass is 609 g/mol. The number of carbonyl (C=O) groups is 2. The van der Waals surface area contributed by atoms with Crippen LogP contribution in [-0.2, 0) is 25.3 Å². The third kappa shape index (κ3) is 8.45. The lowest BCUT2D eigenvalue weighted by atomic mass is 9.43. The summed E-state index contributed by atoms with van der Waals surface area (Å²) in [6, 6.07) is 8.51. The molecule has 1 heterocycles. The van der Waals surface area contributed by atoms with Gasteiger partial charge in [-0.1, -0.05) is 44.2 Å². The van der Waals surface area contributed by atoms with Crippen molar-refractivity contribution in [2.75, 3.05) is 13.1 Å². The van der Waals surface area contributed by atoms with Crippen LogP contribution in [-0.4, -0.2) is 67.7 Å². The molecule has 12 heteroatoms. The second-order valence-electron chi connectivity index (χ2n) is 14.1. The molecule has 5 rings (SSSR count). The predicted molar refractivity (Wildman–Crippen MR) is 158 cm³/mol. The summed E-state index contributed by atoms with van der Waals surface area (Å²) in [6.07, 6.45) is -1.73. The smallest absolute Gasteiger partial charge is 0.444 e. The lowest BCUT2D eigenvalue weighted by Gasteiger charge is -2.64. The molecular weight excluding hydrogens is 562 g/mol. The molecule has 8 nitrogen and oxygen atoms in total. The SMILES string of the molecule is CC(C)(C)OC(=O)NCCCCC(NCC(F)(F)F)C(=O)NC(Cc1ccccc1)B1O[C@@H]2C[C@@H]3C[C@@H](C3(C)C)[C@]2(C)O1. The molecule has 3 saturated carbocycles. The van der Waals surface area contributed by atoms with Gasteiger partial charge in [-0.3, -0.25) is 10.1 Å². The number of alkyl halides is 3. The summed E-state index contributed by atoms with van der Waals surface area (Å²) in [5, 5.41) is 8.04. The first-order chi connectivity index (χ1) is 20.0. The minimum Gasteiger partial charge on any atom is -0.444 e. The highest BCUT2D eigenvalue weighted by molar-refractivity contribution is 6.48.